The van der Waals surface area contributed by atoms with Gasteiger partial charge in [-0.3, -0.25) is 19.5 Å². The molecule has 0 bridgehead atoms. The van der Waals surface area contributed by atoms with E-state index in [1.165, 1.54) is 28.8 Å². The third-order valence-electron chi connectivity index (χ3n) is 6.33. The van der Waals surface area contributed by atoms with Gasteiger partial charge in [-0.1, -0.05) is 65.9 Å². The summed E-state index contributed by atoms with van der Waals surface area (Å²) in [5.41, 5.74) is 0.990. The second kappa shape index (κ2) is 11.0. The minimum absolute atomic E-state index is 0.105. The molecule has 4 aromatic rings. The van der Waals surface area contributed by atoms with E-state index in [0.29, 0.717) is 27.4 Å². The van der Waals surface area contributed by atoms with Crippen molar-refractivity contribution in [2.45, 2.75) is 13.0 Å². The van der Waals surface area contributed by atoms with Crippen molar-refractivity contribution in [3.8, 4) is 11.5 Å². The Morgan fingerprint density at radius 1 is 1.12 bits per heavy atom. The summed E-state index contributed by atoms with van der Waals surface area (Å²) >= 11 is 1.05. The summed E-state index contributed by atoms with van der Waals surface area (Å²) in [6, 6.07) is 19.3. The van der Waals surface area contributed by atoms with Crippen LogP contribution < -0.4 is 19.6 Å². The van der Waals surface area contributed by atoms with Gasteiger partial charge < -0.3 is 14.6 Å². The van der Waals surface area contributed by atoms with Crippen LogP contribution in [0.2, 0.25) is 0 Å². The zero-order chi connectivity index (χ0) is 28.4. The Morgan fingerprint density at radius 2 is 1.85 bits per heavy atom. The zero-order valence-corrected chi connectivity index (χ0v) is 22.3. The van der Waals surface area contributed by atoms with Gasteiger partial charge in [-0.05, 0) is 30.7 Å². The fourth-order valence-corrected chi connectivity index (χ4v) is 5.49. The standard InChI is InChI=1S/C29H23N3O7S/c1-3-39-28(35)23-24(17-8-5-4-6-9-17)30-29-31(25(23)18-12-14-20(38-2)15-13-18)27(34)22(40-29)16-19-10-7-11-21(26(19)33)32(36)37/h4-16,25,33H,3H2,1-2H3/b22-16+/t25-/m1/s1. The van der Waals surface area contributed by atoms with E-state index in [9.17, 15) is 24.8 Å². The summed E-state index contributed by atoms with van der Waals surface area (Å²) in [7, 11) is 1.54. The van der Waals surface area contributed by atoms with Crippen LogP contribution >= 0.6 is 11.3 Å². The quantitative estimate of drug-likeness (QED) is 0.209. The number of carbonyl (C=O) groups excluding carboxylic acids is 1. The van der Waals surface area contributed by atoms with Gasteiger partial charge >= 0.3 is 11.7 Å². The molecule has 1 aromatic heterocycles. The van der Waals surface area contributed by atoms with E-state index >= 15 is 0 Å². The molecular weight excluding hydrogens is 534 g/mol. The normalized spacial score (nSPS) is 14.8. The first-order valence-corrected chi connectivity index (χ1v) is 13.0. The van der Waals surface area contributed by atoms with Crippen molar-refractivity contribution in [3.63, 3.8) is 0 Å². The summed E-state index contributed by atoms with van der Waals surface area (Å²) in [5.74, 6) is -0.569. The van der Waals surface area contributed by atoms with Crippen LogP contribution in [0.25, 0.3) is 11.8 Å². The van der Waals surface area contributed by atoms with Crippen molar-refractivity contribution in [1.82, 2.24) is 4.57 Å². The summed E-state index contributed by atoms with van der Waals surface area (Å²) < 4.78 is 12.3. The molecular formula is C29H23N3O7S. The molecule has 0 aliphatic carbocycles. The highest BCUT2D eigenvalue weighted by Gasteiger charge is 2.35. The van der Waals surface area contributed by atoms with Crippen LogP contribution in [0.1, 0.15) is 29.7 Å². The SMILES string of the molecule is CCOC(=O)C1=C(c2ccccc2)N=c2s/c(=C/c3cccc([N+](=O)[O-])c3O)c(=O)n2[C@@H]1c1ccc(OC)cc1. The molecule has 0 saturated carbocycles. The second-order valence-electron chi connectivity index (χ2n) is 8.68. The minimum atomic E-state index is -0.891. The highest BCUT2D eigenvalue weighted by molar-refractivity contribution is 7.07. The number of phenolic OH excluding ortho intramolecular Hbond substituents is 1. The molecule has 2 heterocycles. The van der Waals surface area contributed by atoms with Gasteiger partial charge in [0.25, 0.3) is 5.56 Å². The average Bonchev–Trinajstić information content (AvgIpc) is 3.28. The van der Waals surface area contributed by atoms with Gasteiger partial charge in [0, 0.05) is 17.2 Å². The van der Waals surface area contributed by atoms with Crippen LogP contribution in [0.15, 0.2) is 88.2 Å². The number of nitro groups is 1. The molecule has 0 unspecified atom stereocenters. The van der Waals surface area contributed by atoms with E-state index in [1.807, 2.05) is 30.3 Å². The highest BCUT2D eigenvalue weighted by Crippen LogP contribution is 2.36. The fourth-order valence-electron chi connectivity index (χ4n) is 4.50. The molecule has 11 heteroatoms. The predicted octanol–water partition coefficient (Wildman–Crippen LogP) is 3.56. The van der Waals surface area contributed by atoms with E-state index in [4.69, 9.17) is 14.5 Å². The molecule has 1 aliphatic rings. The number of para-hydroxylation sites is 1. The number of phenols is 1. The van der Waals surface area contributed by atoms with E-state index < -0.39 is 33.9 Å². The molecule has 0 saturated heterocycles. The van der Waals surface area contributed by atoms with Gasteiger partial charge in [-0.25, -0.2) is 9.79 Å². The van der Waals surface area contributed by atoms with Crippen LogP contribution in [-0.4, -0.2) is 34.3 Å². The van der Waals surface area contributed by atoms with Crippen LogP contribution in [0.5, 0.6) is 11.5 Å². The molecule has 202 valence electrons. The Hall–Kier alpha value is -5.03. The predicted molar refractivity (Wildman–Crippen MR) is 149 cm³/mol. The lowest BCUT2D eigenvalue weighted by atomic mass is 9.93. The van der Waals surface area contributed by atoms with Gasteiger partial charge in [0.15, 0.2) is 4.80 Å². The number of nitrogens with zero attached hydrogens (tertiary/aromatic N) is 3. The van der Waals surface area contributed by atoms with Gasteiger partial charge in [0.2, 0.25) is 5.75 Å². The summed E-state index contributed by atoms with van der Waals surface area (Å²) in [6.07, 6.45) is 1.38. The van der Waals surface area contributed by atoms with Crippen molar-refractivity contribution < 1.29 is 24.3 Å². The van der Waals surface area contributed by atoms with Crippen LogP contribution in [0.3, 0.4) is 0 Å². The maximum absolute atomic E-state index is 13.9. The molecule has 0 fully saturated rings. The monoisotopic (exact) mass is 557 g/mol. The number of carbonyl (C=O) groups is 1. The molecule has 10 nitrogen and oxygen atoms in total. The third-order valence-corrected chi connectivity index (χ3v) is 7.32. The van der Waals surface area contributed by atoms with Crippen molar-refractivity contribution in [2.24, 2.45) is 4.99 Å². The van der Waals surface area contributed by atoms with Gasteiger partial charge in [0.1, 0.15) is 5.75 Å². The lowest BCUT2D eigenvalue weighted by Gasteiger charge is -2.26. The van der Waals surface area contributed by atoms with E-state index in [1.54, 1.807) is 38.3 Å². The Morgan fingerprint density at radius 3 is 2.50 bits per heavy atom. The summed E-state index contributed by atoms with van der Waals surface area (Å²) in [6.45, 7) is 1.82. The number of hydrogen-bond donors (Lipinski definition) is 1. The molecule has 5 rings (SSSR count). The number of nitro benzene ring substituents is 1. The molecule has 1 atom stereocenters. The van der Waals surface area contributed by atoms with Crippen molar-refractivity contribution in [3.05, 3.63) is 125 Å². The smallest absolute Gasteiger partial charge is 0.338 e. The number of benzene rings is 3. The average molecular weight is 558 g/mol. The maximum Gasteiger partial charge on any atom is 0.338 e. The number of aromatic nitrogens is 1. The van der Waals surface area contributed by atoms with E-state index in [0.717, 1.165) is 11.3 Å². The van der Waals surface area contributed by atoms with Crippen LogP contribution in [0, 0.1) is 10.1 Å². The minimum Gasteiger partial charge on any atom is -0.502 e. The summed E-state index contributed by atoms with van der Waals surface area (Å²) in [5, 5.41) is 21.8. The number of aromatic hydroxyl groups is 1. The van der Waals surface area contributed by atoms with Gasteiger partial charge in [-0.15, -0.1) is 0 Å². The molecule has 0 amide bonds. The Bertz CT molecular complexity index is 1820. The Kier molecular flexibility index (Phi) is 7.30. The van der Waals surface area contributed by atoms with E-state index in [-0.39, 0.29) is 22.3 Å². The molecule has 40 heavy (non-hydrogen) atoms. The fraction of sp³-hybridized carbons (Fsp3) is 0.138. The largest absolute Gasteiger partial charge is 0.502 e. The number of ether oxygens (including phenoxy) is 2. The van der Waals surface area contributed by atoms with Crippen LogP contribution in [0.4, 0.5) is 5.69 Å². The number of fused-ring (bicyclic) bond motifs is 1. The lowest BCUT2D eigenvalue weighted by molar-refractivity contribution is -0.385. The maximum atomic E-state index is 13.9. The second-order valence-corrected chi connectivity index (χ2v) is 9.69. The Labute approximate surface area is 231 Å². The zero-order valence-electron chi connectivity index (χ0n) is 21.4. The number of rotatable bonds is 7. The van der Waals surface area contributed by atoms with E-state index in [2.05, 4.69) is 0 Å². The van der Waals surface area contributed by atoms with Crippen molar-refractivity contribution in [2.75, 3.05) is 13.7 Å². The molecule has 3 aromatic carbocycles. The first-order chi connectivity index (χ1) is 19.3. The van der Waals surface area contributed by atoms with Gasteiger partial charge in [-0.2, -0.15) is 0 Å². The molecule has 0 spiro atoms. The third kappa shape index (κ3) is 4.78. The van der Waals surface area contributed by atoms with Gasteiger partial charge in [0.05, 0.1) is 40.5 Å². The summed E-state index contributed by atoms with van der Waals surface area (Å²) in [4.78, 5) is 43.0. The number of esters is 1. The highest BCUT2D eigenvalue weighted by atomic mass is 32.1. The van der Waals surface area contributed by atoms with Crippen molar-refractivity contribution >= 4 is 34.8 Å². The first kappa shape index (κ1) is 26.6. The van der Waals surface area contributed by atoms with Crippen LogP contribution in [-0.2, 0) is 9.53 Å². The number of thiazole rings is 1. The number of methoxy groups -OCH3 is 1. The molecule has 1 N–H and O–H groups in total. The number of hydrogen-bond acceptors (Lipinski definition) is 9. The topological polar surface area (TPSA) is 133 Å². The molecule has 0 radical (unpaired) electrons. The molecule has 1 aliphatic heterocycles. The lowest BCUT2D eigenvalue weighted by Crippen LogP contribution is -2.40. The Balaban J connectivity index is 1.82. The first-order valence-electron chi connectivity index (χ1n) is 12.2. The van der Waals surface area contributed by atoms with Crippen molar-refractivity contribution in [1.29, 1.82) is 0 Å².